The molecule has 5 heteroatoms. The summed E-state index contributed by atoms with van der Waals surface area (Å²) in [6, 6.07) is 0.223. The highest BCUT2D eigenvalue weighted by Gasteiger charge is 2.17. The van der Waals surface area contributed by atoms with Crippen molar-refractivity contribution in [3.63, 3.8) is 0 Å². The topological polar surface area (TPSA) is 45.2 Å². The van der Waals surface area contributed by atoms with Crippen molar-refractivity contribution in [1.82, 2.24) is 15.2 Å². The van der Waals surface area contributed by atoms with E-state index in [0.29, 0.717) is 6.42 Å². The highest BCUT2D eigenvalue weighted by molar-refractivity contribution is 7.09. The van der Waals surface area contributed by atoms with E-state index in [4.69, 9.17) is 0 Å². The van der Waals surface area contributed by atoms with Gasteiger partial charge in [-0.25, -0.2) is 4.98 Å². The third kappa shape index (κ3) is 3.53. The summed E-state index contributed by atoms with van der Waals surface area (Å²) in [4.78, 5) is 18.3. The third-order valence-corrected chi connectivity index (χ3v) is 4.12. The molecule has 2 rings (SSSR count). The maximum atomic E-state index is 11.8. The molecule has 0 spiro atoms. The molecule has 1 aliphatic heterocycles. The molecule has 1 aromatic rings. The molecule has 0 saturated carbocycles. The van der Waals surface area contributed by atoms with Gasteiger partial charge in [-0.1, -0.05) is 0 Å². The first-order valence-electron chi connectivity index (χ1n) is 6.60. The van der Waals surface area contributed by atoms with Crippen LogP contribution in [0.1, 0.15) is 42.9 Å². The molecule has 0 radical (unpaired) electrons. The van der Waals surface area contributed by atoms with Crippen molar-refractivity contribution in [2.75, 3.05) is 19.6 Å². The van der Waals surface area contributed by atoms with Crippen molar-refractivity contribution >= 4 is 17.2 Å². The summed E-state index contributed by atoms with van der Waals surface area (Å²) in [5.74, 6) is 0.279. The average molecular weight is 267 g/mol. The van der Waals surface area contributed by atoms with Gasteiger partial charge in [0, 0.05) is 37.5 Å². The molecule has 100 valence electrons. The summed E-state index contributed by atoms with van der Waals surface area (Å²) < 4.78 is 0. The van der Waals surface area contributed by atoms with E-state index in [0.717, 1.165) is 43.2 Å². The molecule has 18 heavy (non-hydrogen) atoms. The summed E-state index contributed by atoms with van der Waals surface area (Å²) in [5.41, 5.74) is 1.08. The highest BCUT2D eigenvalue weighted by Crippen LogP contribution is 2.15. The maximum Gasteiger partial charge on any atom is 0.223 e. The van der Waals surface area contributed by atoms with Crippen LogP contribution in [0.4, 0.5) is 0 Å². The number of nitrogens with one attached hydrogen (secondary N) is 1. The lowest BCUT2D eigenvalue weighted by Crippen LogP contribution is -2.31. The third-order valence-electron chi connectivity index (χ3n) is 3.33. The Kier molecular flexibility index (Phi) is 4.72. The molecular weight excluding hydrogens is 246 g/mol. The molecular formula is C13H21N3OS. The lowest BCUT2D eigenvalue weighted by atomic mass is 10.2. The van der Waals surface area contributed by atoms with Crippen molar-refractivity contribution < 1.29 is 4.79 Å². The van der Waals surface area contributed by atoms with Crippen molar-refractivity contribution in [2.45, 2.75) is 39.2 Å². The maximum absolute atomic E-state index is 11.8. The number of likely N-dealkylation sites (tertiary alicyclic amines) is 1. The molecule has 2 heterocycles. The van der Waals surface area contributed by atoms with Crippen LogP contribution in [0.25, 0.3) is 0 Å². The first-order valence-corrected chi connectivity index (χ1v) is 7.48. The Balaban J connectivity index is 1.70. The number of aryl methyl sites for hydroxylation is 1. The number of nitrogens with zero attached hydrogens (tertiary/aromatic N) is 2. The van der Waals surface area contributed by atoms with Gasteiger partial charge < -0.3 is 10.2 Å². The second-order valence-electron chi connectivity index (χ2n) is 4.81. The van der Waals surface area contributed by atoms with E-state index < -0.39 is 0 Å². The van der Waals surface area contributed by atoms with Gasteiger partial charge in [-0.05, 0) is 26.7 Å². The van der Waals surface area contributed by atoms with Crippen molar-refractivity contribution in [2.24, 2.45) is 0 Å². The van der Waals surface area contributed by atoms with Crippen LogP contribution < -0.4 is 5.32 Å². The zero-order valence-corrected chi connectivity index (χ0v) is 11.9. The van der Waals surface area contributed by atoms with Crippen LogP contribution in [0.15, 0.2) is 5.38 Å². The highest BCUT2D eigenvalue weighted by atomic mass is 32.1. The number of rotatable bonds is 5. The molecule has 0 bridgehead atoms. The second kappa shape index (κ2) is 6.29. The molecule has 0 aliphatic carbocycles. The Labute approximate surface area is 112 Å². The molecule has 0 aromatic carbocycles. The van der Waals surface area contributed by atoms with E-state index >= 15 is 0 Å². The van der Waals surface area contributed by atoms with Gasteiger partial charge in [0.25, 0.3) is 0 Å². The van der Waals surface area contributed by atoms with Crippen LogP contribution in [0.5, 0.6) is 0 Å². The van der Waals surface area contributed by atoms with Crippen LogP contribution in [0.3, 0.4) is 0 Å². The van der Waals surface area contributed by atoms with Gasteiger partial charge in [-0.15, -0.1) is 11.3 Å². The van der Waals surface area contributed by atoms with Gasteiger partial charge in [0.05, 0.1) is 10.7 Å². The fourth-order valence-corrected chi connectivity index (χ4v) is 2.91. The van der Waals surface area contributed by atoms with E-state index in [9.17, 15) is 4.79 Å². The molecule has 1 saturated heterocycles. The molecule has 4 nitrogen and oxygen atoms in total. The number of hydrogen-bond acceptors (Lipinski definition) is 4. The number of carbonyl (C=O) groups excluding carboxylic acids is 1. The zero-order valence-electron chi connectivity index (χ0n) is 11.1. The van der Waals surface area contributed by atoms with E-state index in [1.807, 2.05) is 11.8 Å². The summed E-state index contributed by atoms with van der Waals surface area (Å²) in [5, 5.41) is 6.53. The van der Waals surface area contributed by atoms with Crippen LogP contribution in [0, 0.1) is 6.92 Å². The fourth-order valence-electron chi connectivity index (χ4n) is 2.20. The summed E-state index contributed by atoms with van der Waals surface area (Å²) in [6.45, 7) is 6.72. The van der Waals surface area contributed by atoms with Gasteiger partial charge in [-0.3, -0.25) is 4.79 Å². The molecule has 1 unspecified atom stereocenters. The molecule has 1 aliphatic rings. The quantitative estimate of drug-likeness (QED) is 0.889. The molecule has 1 atom stereocenters. The molecule has 1 fully saturated rings. The van der Waals surface area contributed by atoms with Crippen LogP contribution >= 0.6 is 11.3 Å². The number of amides is 1. The summed E-state index contributed by atoms with van der Waals surface area (Å²) >= 11 is 1.67. The SMILES string of the molecule is Cc1nc(C(C)NCCC(=O)N2CCCC2)cs1. The lowest BCUT2D eigenvalue weighted by Gasteiger charge is -2.16. The van der Waals surface area contributed by atoms with Crippen molar-refractivity contribution in [3.8, 4) is 0 Å². The normalized spacial score (nSPS) is 17.1. The number of aromatic nitrogens is 1. The summed E-state index contributed by atoms with van der Waals surface area (Å²) in [6.07, 6.45) is 2.91. The first kappa shape index (κ1) is 13.5. The van der Waals surface area contributed by atoms with E-state index in [2.05, 4.69) is 22.6 Å². The fraction of sp³-hybridized carbons (Fsp3) is 0.692. The largest absolute Gasteiger partial charge is 0.343 e. The smallest absolute Gasteiger partial charge is 0.223 e. The minimum atomic E-state index is 0.223. The Morgan fingerprint density at radius 3 is 2.89 bits per heavy atom. The Hall–Kier alpha value is -0.940. The predicted octanol–water partition coefficient (Wildman–Crippen LogP) is 2.11. The Morgan fingerprint density at radius 1 is 1.56 bits per heavy atom. The Bertz CT molecular complexity index is 399. The number of thiazole rings is 1. The van der Waals surface area contributed by atoms with Crippen LogP contribution in [-0.2, 0) is 4.79 Å². The van der Waals surface area contributed by atoms with E-state index in [1.165, 1.54) is 0 Å². The van der Waals surface area contributed by atoms with Gasteiger partial charge in [0.1, 0.15) is 0 Å². The van der Waals surface area contributed by atoms with Gasteiger partial charge in [0.2, 0.25) is 5.91 Å². The molecule has 1 amide bonds. The van der Waals surface area contributed by atoms with E-state index in [-0.39, 0.29) is 11.9 Å². The second-order valence-corrected chi connectivity index (χ2v) is 5.87. The lowest BCUT2D eigenvalue weighted by molar-refractivity contribution is -0.130. The van der Waals surface area contributed by atoms with Gasteiger partial charge in [-0.2, -0.15) is 0 Å². The minimum Gasteiger partial charge on any atom is -0.343 e. The number of carbonyl (C=O) groups is 1. The van der Waals surface area contributed by atoms with Crippen LogP contribution in [0.2, 0.25) is 0 Å². The van der Waals surface area contributed by atoms with Crippen LogP contribution in [-0.4, -0.2) is 35.4 Å². The monoisotopic (exact) mass is 267 g/mol. The number of hydrogen-bond donors (Lipinski definition) is 1. The minimum absolute atomic E-state index is 0.223. The molecule has 1 aromatic heterocycles. The predicted molar refractivity (Wildman–Crippen MR) is 73.7 cm³/mol. The van der Waals surface area contributed by atoms with E-state index in [1.54, 1.807) is 11.3 Å². The van der Waals surface area contributed by atoms with Gasteiger partial charge >= 0.3 is 0 Å². The van der Waals surface area contributed by atoms with Crippen molar-refractivity contribution in [3.05, 3.63) is 16.1 Å². The first-order chi connectivity index (χ1) is 8.66. The standard InChI is InChI=1S/C13H21N3OS/c1-10(12-9-18-11(2)15-12)14-6-5-13(17)16-7-3-4-8-16/h9-10,14H,3-8H2,1-2H3. The zero-order chi connectivity index (χ0) is 13.0. The summed E-state index contributed by atoms with van der Waals surface area (Å²) in [7, 11) is 0. The average Bonchev–Trinajstić information content (AvgIpc) is 2.99. The van der Waals surface area contributed by atoms with Crippen molar-refractivity contribution in [1.29, 1.82) is 0 Å². The van der Waals surface area contributed by atoms with Gasteiger partial charge in [0.15, 0.2) is 0 Å². The Morgan fingerprint density at radius 2 is 2.28 bits per heavy atom. The molecule has 1 N–H and O–H groups in total.